The van der Waals surface area contributed by atoms with Gasteiger partial charge in [0.1, 0.15) is 0 Å². The van der Waals surface area contributed by atoms with Crippen LogP contribution in [0.15, 0.2) is 36.4 Å². The Bertz CT molecular complexity index is 506. The second-order valence-corrected chi connectivity index (χ2v) is 4.98. The highest BCUT2D eigenvalue weighted by molar-refractivity contribution is 5.93. The minimum atomic E-state index is -0.102. The van der Waals surface area contributed by atoms with Crippen LogP contribution in [0.4, 0.5) is 0 Å². The van der Waals surface area contributed by atoms with Crippen LogP contribution in [0.3, 0.4) is 0 Å². The summed E-state index contributed by atoms with van der Waals surface area (Å²) in [4.78, 5) is 23.4. The molecule has 4 heteroatoms. The van der Waals surface area contributed by atoms with Crippen molar-refractivity contribution in [2.24, 2.45) is 5.92 Å². The molecule has 0 aromatic heterocycles. The predicted octanol–water partition coefficient (Wildman–Crippen LogP) is 2.02. The molecule has 4 nitrogen and oxygen atoms in total. The molecule has 2 amide bonds. The van der Waals surface area contributed by atoms with Gasteiger partial charge in [0.2, 0.25) is 5.91 Å². The molecule has 0 bridgehead atoms. The van der Waals surface area contributed by atoms with Crippen LogP contribution in [0.1, 0.15) is 35.2 Å². The lowest BCUT2D eigenvalue weighted by Crippen LogP contribution is -2.30. The van der Waals surface area contributed by atoms with Crippen molar-refractivity contribution in [2.75, 3.05) is 7.05 Å². The van der Waals surface area contributed by atoms with Crippen molar-refractivity contribution in [3.63, 3.8) is 0 Å². The van der Waals surface area contributed by atoms with Gasteiger partial charge in [0.05, 0.1) is 0 Å². The first-order valence-electron chi connectivity index (χ1n) is 6.94. The third-order valence-electron chi connectivity index (χ3n) is 3.55. The first kappa shape index (κ1) is 14.3. The van der Waals surface area contributed by atoms with E-state index in [2.05, 4.69) is 22.8 Å². The van der Waals surface area contributed by atoms with Gasteiger partial charge in [-0.1, -0.05) is 24.3 Å². The molecule has 1 aromatic rings. The summed E-state index contributed by atoms with van der Waals surface area (Å²) in [5.41, 5.74) is 1.62. The summed E-state index contributed by atoms with van der Waals surface area (Å²) in [6.07, 6.45) is 6.95. The van der Waals surface area contributed by atoms with Crippen LogP contribution >= 0.6 is 0 Å². The van der Waals surface area contributed by atoms with Crippen LogP contribution in [0.25, 0.3) is 0 Å². The first-order chi connectivity index (χ1) is 9.70. The topological polar surface area (TPSA) is 58.2 Å². The van der Waals surface area contributed by atoms with E-state index in [1.54, 1.807) is 19.2 Å². The monoisotopic (exact) mass is 272 g/mol. The van der Waals surface area contributed by atoms with Gasteiger partial charge in [-0.15, -0.1) is 0 Å². The number of rotatable bonds is 4. The summed E-state index contributed by atoms with van der Waals surface area (Å²) in [7, 11) is 1.61. The molecule has 0 aliphatic heterocycles. The van der Waals surface area contributed by atoms with Crippen molar-refractivity contribution < 1.29 is 9.59 Å². The lowest BCUT2D eigenvalue weighted by atomic mass is 9.93. The number of carbonyl (C=O) groups is 2. The standard InChI is InChI=1S/C16H20N2O2/c1-17-15(19)14-9-7-12(8-10-14)11-18-16(20)13-5-3-2-4-6-13/h2-3,7-10,13H,4-6,11H2,1H3,(H,17,19)(H,18,20)/t13-/m1/s1. The van der Waals surface area contributed by atoms with Gasteiger partial charge in [0.25, 0.3) is 5.91 Å². The molecule has 2 N–H and O–H groups in total. The zero-order valence-electron chi connectivity index (χ0n) is 11.7. The molecule has 1 aliphatic carbocycles. The van der Waals surface area contributed by atoms with Crippen molar-refractivity contribution in [3.05, 3.63) is 47.5 Å². The predicted molar refractivity (Wildman–Crippen MR) is 78.2 cm³/mol. The lowest BCUT2D eigenvalue weighted by molar-refractivity contribution is -0.125. The highest BCUT2D eigenvalue weighted by Gasteiger charge is 2.17. The fourth-order valence-electron chi connectivity index (χ4n) is 2.28. The van der Waals surface area contributed by atoms with E-state index < -0.39 is 0 Å². The molecule has 1 aliphatic rings. The van der Waals surface area contributed by atoms with Crippen LogP contribution in [-0.2, 0) is 11.3 Å². The number of hydrogen-bond acceptors (Lipinski definition) is 2. The van der Waals surface area contributed by atoms with E-state index in [0.29, 0.717) is 12.1 Å². The Morgan fingerprint density at radius 2 is 1.95 bits per heavy atom. The number of benzene rings is 1. The van der Waals surface area contributed by atoms with E-state index in [0.717, 1.165) is 24.8 Å². The van der Waals surface area contributed by atoms with Gasteiger partial charge in [0, 0.05) is 25.1 Å². The molecule has 0 fully saturated rings. The number of nitrogens with one attached hydrogen (secondary N) is 2. The van der Waals surface area contributed by atoms with Gasteiger partial charge in [0.15, 0.2) is 0 Å². The Balaban J connectivity index is 1.86. The van der Waals surface area contributed by atoms with Crippen LogP contribution in [0, 0.1) is 5.92 Å². The van der Waals surface area contributed by atoms with Gasteiger partial charge in [-0.25, -0.2) is 0 Å². The molecule has 0 heterocycles. The zero-order valence-corrected chi connectivity index (χ0v) is 11.7. The number of amides is 2. The molecule has 0 unspecified atom stereocenters. The van der Waals surface area contributed by atoms with Crippen molar-refractivity contribution >= 4 is 11.8 Å². The number of hydrogen-bond donors (Lipinski definition) is 2. The van der Waals surface area contributed by atoms with E-state index in [1.165, 1.54) is 0 Å². The van der Waals surface area contributed by atoms with Crippen LogP contribution in [-0.4, -0.2) is 18.9 Å². The fraction of sp³-hybridized carbons (Fsp3) is 0.375. The lowest BCUT2D eigenvalue weighted by Gasteiger charge is -2.17. The molecule has 0 spiro atoms. The summed E-state index contributed by atoms with van der Waals surface area (Å²) in [5, 5.41) is 5.54. The summed E-state index contributed by atoms with van der Waals surface area (Å²) in [5.74, 6) is 0.115. The highest BCUT2D eigenvalue weighted by atomic mass is 16.2. The van der Waals surface area contributed by atoms with Gasteiger partial charge in [-0.05, 0) is 37.0 Å². The smallest absolute Gasteiger partial charge is 0.251 e. The number of allylic oxidation sites excluding steroid dienone is 2. The van der Waals surface area contributed by atoms with Gasteiger partial charge in [-0.2, -0.15) is 0 Å². The maximum Gasteiger partial charge on any atom is 0.251 e. The average molecular weight is 272 g/mol. The Labute approximate surface area is 119 Å². The summed E-state index contributed by atoms with van der Waals surface area (Å²) >= 11 is 0. The molecule has 0 radical (unpaired) electrons. The van der Waals surface area contributed by atoms with Crippen LogP contribution in [0.5, 0.6) is 0 Å². The van der Waals surface area contributed by atoms with Gasteiger partial charge in [-0.3, -0.25) is 9.59 Å². The SMILES string of the molecule is CNC(=O)c1ccc(CNC(=O)[C@@H]2CC=CCC2)cc1. The Morgan fingerprint density at radius 3 is 2.55 bits per heavy atom. The third kappa shape index (κ3) is 3.70. The van der Waals surface area contributed by atoms with Gasteiger partial charge >= 0.3 is 0 Å². The summed E-state index contributed by atoms with van der Waals surface area (Å²) in [6, 6.07) is 7.27. The van der Waals surface area contributed by atoms with E-state index in [1.807, 2.05) is 12.1 Å². The van der Waals surface area contributed by atoms with Crippen LogP contribution in [0.2, 0.25) is 0 Å². The van der Waals surface area contributed by atoms with E-state index in [4.69, 9.17) is 0 Å². The molecular formula is C16H20N2O2. The fourth-order valence-corrected chi connectivity index (χ4v) is 2.28. The van der Waals surface area contributed by atoms with E-state index in [-0.39, 0.29) is 17.7 Å². The molecule has 1 atom stereocenters. The molecule has 0 saturated carbocycles. The summed E-state index contributed by atoms with van der Waals surface area (Å²) < 4.78 is 0. The largest absolute Gasteiger partial charge is 0.355 e. The summed E-state index contributed by atoms with van der Waals surface area (Å²) in [6.45, 7) is 0.507. The molecule has 106 valence electrons. The minimum Gasteiger partial charge on any atom is -0.355 e. The Morgan fingerprint density at radius 1 is 1.20 bits per heavy atom. The first-order valence-corrected chi connectivity index (χ1v) is 6.94. The molecule has 20 heavy (non-hydrogen) atoms. The second kappa shape index (κ2) is 6.89. The van der Waals surface area contributed by atoms with Crippen molar-refractivity contribution in [1.29, 1.82) is 0 Å². The molecule has 0 saturated heterocycles. The van der Waals surface area contributed by atoms with Crippen LogP contribution < -0.4 is 10.6 Å². The maximum absolute atomic E-state index is 12.0. The normalized spacial score (nSPS) is 17.6. The molecule has 2 rings (SSSR count). The van der Waals surface area contributed by atoms with E-state index in [9.17, 15) is 9.59 Å². The quantitative estimate of drug-likeness (QED) is 0.824. The Hall–Kier alpha value is -2.10. The number of carbonyl (C=O) groups excluding carboxylic acids is 2. The van der Waals surface area contributed by atoms with Crippen molar-refractivity contribution in [3.8, 4) is 0 Å². The van der Waals surface area contributed by atoms with E-state index >= 15 is 0 Å². The van der Waals surface area contributed by atoms with Gasteiger partial charge < -0.3 is 10.6 Å². The van der Waals surface area contributed by atoms with Crippen molar-refractivity contribution in [1.82, 2.24) is 10.6 Å². The minimum absolute atomic E-state index is 0.102. The zero-order chi connectivity index (χ0) is 14.4. The second-order valence-electron chi connectivity index (χ2n) is 4.98. The molecule has 1 aromatic carbocycles. The maximum atomic E-state index is 12.0. The molecular weight excluding hydrogens is 252 g/mol. The third-order valence-corrected chi connectivity index (χ3v) is 3.55. The average Bonchev–Trinajstić information content (AvgIpc) is 2.53. The highest BCUT2D eigenvalue weighted by Crippen LogP contribution is 2.18. The Kier molecular flexibility index (Phi) is 4.93. The van der Waals surface area contributed by atoms with Crippen molar-refractivity contribution in [2.45, 2.75) is 25.8 Å².